The molecule has 0 aromatic heterocycles. The van der Waals surface area contributed by atoms with Crippen LogP contribution in [0.5, 0.6) is 11.5 Å². The number of alkyl halides is 9. The van der Waals surface area contributed by atoms with Crippen molar-refractivity contribution in [2.24, 2.45) is 0 Å². The number of hydrogen-bond acceptors (Lipinski definition) is 6. The lowest BCUT2D eigenvalue weighted by Gasteiger charge is -2.23. The molecule has 0 atom stereocenters. The molecule has 8 nitrogen and oxygen atoms in total. The second-order valence-corrected chi connectivity index (χ2v) is 12.3. The van der Waals surface area contributed by atoms with E-state index in [0.717, 1.165) is 37.4 Å². The smallest absolute Gasteiger partial charge is 0.419 e. The van der Waals surface area contributed by atoms with Crippen LogP contribution in [0.4, 0.5) is 55.3 Å². The van der Waals surface area contributed by atoms with Crippen LogP contribution in [0, 0.1) is 5.82 Å². The van der Waals surface area contributed by atoms with Gasteiger partial charge in [-0.25, -0.2) is 4.39 Å². The van der Waals surface area contributed by atoms with Crippen LogP contribution in [0.25, 0.3) is 0 Å². The maximum absolute atomic E-state index is 13.7. The SMILES string of the molecule is COc1ccc(C(=O)Nc2cc3c(c(C(F)(F)F)c2)CCNC3)cc1C(F)(F)F.COc1ccc(C(=O)Nc2cc3c(c(C(F)(F)F)c2)CCNC3)cc1F. The summed E-state index contributed by atoms with van der Waals surface area (Å²) < 4.78 is 143. The topological polar surface area (TPSA) is 101 Å². The molecule has 294 valence electrons. The molecule has 2 aliphatic rings. The second-order valence-electron chi connectivity index (χ2n) is 12.3. The molecule has 2 amide bonds. The molecule has 4 aromatic carbocycles. The van der Waals surface area contributed by atoms with Gasteiger partial charge in [0.05, 0.1) is 30.9 Å². The second kappa shape index (κ2) is 16.2. The fourth-order valence-electron chi connectivity index (χ4n) is 6.18. The minimum absolute atomic E-state index is 0.0148. The molecule has 2 heterocycles. The third kappa shape index (κ3) is 9.66. The van der Waals surface area contributed by atoms with E-state index in [9.17, 15) is 53.5 Å². The lowest BCUT2D eigenvalue weighted by atomic mass is 9.94. The number of hydrogen-bond donors (Lipinski definition) is 4. The Balaban J connectivity index is 0.000000212. The Morgan fingerprint density at radius 1 is 0.582 bits per heavy atom. The third-order valence-electron chi connectivity index (χ3n) is 8.73. The van der Waals surface area contributed by atoms with Crippen molar-refractivity contribution in [2.75, 3.05) is 37.9 Å². The van der Waals surface area contributed by atoms with Crippen LogP contribution in [-0.2, 0) is 44.5 Å². The van der Waals surface area contributed by atoms with E-state index in [1.807, 2.05) is 0 Å². The van der Waals surface area contributed by atoms with E-state index in [2.05, 4.69) is 26.0 Å². The number of methoxy groups -OCH3 is 2. The lowest BCUT2D eigenvalue weighted by Crippen LogP contribution is -2.27. The number of carbonyl (C=O) groups is 2. The van der Waals surface area contributed by atoms with Gasteiger partial charge in [0.25, 0.3) is 11.8 Å². The number of carbonyl (C=O) groups excluding carboxylic acids is 2. The average molecular weight is 787 g/mol. The first kappa shape index (κ1) is 40.8. The van der Waals surface area contributed by atoms with E-state index in [1.165, 1.54) is 31.4 Å². The summed E-state index contributed by atoms with van der Waals surface area (Å²) in [6, 6.07) is 10.9. The maximum Gasteiger partial charge on any atom is 0.419 e. The Morgan fingerprint density at radius 2 is 1.00 bits per heavy atom. The van der Waals surface area contributed by atoms with Gasteiger partial charge in [-0.3, -0.25) is 9.59 Å². The molecule has 55 heavy (non-hydrogen) atoms. The standard InChI is InChI=1S/C19H16F6N2O2.C18H16F4N2O2/c1-29-16-3-2-10(7-15(16)19(23,24)25)17(28)27-12-6-11-9-26-5-4-13(11)14(8-12)18(20,21)22;1-26-16-3-2-10(7-15(16)19)17(25)24-12-6-11-9-23-5-4-13(11)14(8-12)18(20,21)22/h2-3,6-8,26H,4-5,9H2,1H3,(H,27,28);2-3,6-8,23H,4-5,9H2,1H3,(H,24,25). The summed E-state index contributed by atoms with van der Waals surface area (Å²) in [6.45, 7) is 1.35. The minimum atomic E-state index is -4.76. The van der Waals surface area contributed by atoms with E-state index in [4.69, 9.17) is 4.74 Å². The molecular weight excluding hydrogens is 754 g/mol. The maximum atomic E-state index is 13.7. The van der Waals surface area contributed by atoms with Crippen molar-refractivity contribution < 1.29 is 63.0 Å². The van der Waals surface area contributed by atoms with Gasteiger partial charge < -0.3 is 30.7 Å². The third-order valence-corrected chi connectivity index (χ3v) is 8.73. The number of benzene rings is 4. The quantitative estimate of drug-likeness (QED) is 0.147. The summed E-state index contributed by atoms with van der Waals surface area (Å²) in [5, 5.41) is 10.6. The van der Waals surface area contributed by atoms with Crippen molar-refractivity contribution in [1.82, 2.24) is 10.6 Å². The molecule has 0 fully saturated rings. The van der Waals surface area contributed by atoms with Gasteiger partial charge in [0.1, 0.15) is 5.75 Å². The highest BCUT2D eigenvalue weighted by Crippen LogP contribution is 2.39. The van der Waals surface area contributed by atoms with Gasteiger partial charge >= 0.3 is 18.5 Å². The molecule has 0 saturated carbocycles. The van der Waals surface area contributed by atoms with Crippen LogP contribution in [-0.4, -0.2) is 39.1 Å². The number of halogens is 10. The summed E-state index contributed by atoms with van der Waals surface area (Å²) >= 11 is 0. The average Bonchev–Trinajstić information content (AvgIpc) is 3.13. The largest absolute Gasteiger partial charge is 0.496 e. The predicted molar refractivity (Wildman–Crippen MR) is 181 cm³/mol. The van der Waals surface area contributed by atoms with E-state index in [-0.39, 0.29) is 58.8 Å². The highest BCUT2D eigenvalue weighted by Gasteiger charge is 2.38. The van der Waals surface area contributed by atoms with Gasteiger partial charge in [0.2, 0.25) is 0 Å². The Morgan fingerprint density at radius 3 is 1.40 bits per heavy atom. The number of anilines is 2. The van der Waals surface area contributed by atoms with E-state index in [0.29, 0.717) is 36.8 Å². The molecule has 4 aromatic rings. The highest BCUT2D eigenvalue weighted by molar-refractivity contribution is 6.05. The monoisotopic (exact) mass is 786 g/mol. The Hall–Kier alpha value is -5.36. The normalized spacial score (nSPS) is 14.1. The Kier molecular flexibility index (Phi) is 12.0. The van der Waals surface area contributed by atoms with Crippen LogP contribution in [0.2, 0.25) is 0 Å². The molecule has 0 bridgehead atoms. The Labute approximate surface area is 307 Å². The van der Waals surface area contributed by atoms with E-state index >= 15 is 0 Å². The fraction of sp³-hybridized carbons (Fsp3) is 0.297. The number of amides is 2. The van der Waals surface area contributed by atoms with Crippen molar-refractivity contribution in [1.29, 1.82) is 0 Å². The Bertz CT molecular complexity index is 2080. The summed E-state index contributed by atoms with van der Waals surface area (Å²) in [6.07, 6.45) is -13.4. The highest BCUT2D eigenvalue weighted by atomic mass is 19.4. The molecular formula is C37H32F10N4O4. The van der Waals surface area contributed by atoms with E-state index in [1.54, 1.807) is 0 Å². The molecule has 0 saturated heterocycles. The van der Waals surface area contributed by atoms with Gasteiger partial charge in [0, 0.05) is 35.6 Å². The zero-order valence-corrected chi connectivity index (χ0v) is 28.9. The first-order chi connectivity index (χ1) is 25.8. The van der Waals surface area contributed by atoms with Crippen molar-refractivity contribution in [3.8, 4) is 11.5 Å². The molecule has 18 heteroatoms. The van der Waals surface area contributed by atoms with Crippen molar-refractivity contribution in [3.63, 3.8) is 0 Å². The van der Waals surface area contributed by atoms with Crippen LogP contribution in [0.15, 0.2) is 60.7 Å². The van der Waals surface area contributed by atoms with Gasteiger partial charge in [0.15, 0.2) is 11.6 Å². The van der Waals surface area contributed by atoms with Gasteiger partial charge in [-0.05, 0) is 109 Å². The van der Waals surface area contributed by atoms with Crippen LogP contribution in [0.3, 0.4) is 0 Å². The van der Waals surface area contributed by atoms with Gasteiger partial charge in [-0.2, -0.15) is 39.5 Å². The summed E-state index contributed by atoms with van der Waals surface area (Å²) in [7, 11) is 2.35. The molecule has 0 aliphatic carbocycles. The van der Waals surface area contributed by atoms with Crippen molar-refractivity contribution in [3.05, 3.63) is 117 Å². The fourth-order valence-corrected chi connectivity index (χ4v) is 6.18. The number of fused-ring (bicyclic) bond motifs is 2. The zero-order valence-electron chi connectivity index (χ0n) is 28.9. The van der Waals surface area contributed by atoms with Crippen LogP contribution < -0.4 is 30.7 Å². The number of rotatable bonds is 6. The molecule has 0 unspecified atom stereocenters. The van der Waals surface area contributed by atoms with Crippen LogP contribution in [0.1, 0.15) is 59.7 Å². The number of ether oxygens (including phenoxy) is 2. The van der Waals surface area contributed by atoms with Gasteiger partial charge in [-0.15, -0.1) is 0 Å². The summed E-state index contributed by atoms with van der Waals surface area (Å²) in [4.78, 5) is 24.7. The van der Waals surface area contributed by atoms with Crippen LogP contribution >= 0.6 is 0 Å². The summed E-state index contributed by atoms with van der Waals surface area (Å²) in [5.41, 5.74) is -2.02. The van der Waals surface area contributed by atoms with Crippen molar-refractivity contribution in [2.45, 2.75) is 44.5 Å². The first-order valence-electron chi connectivity index (χ1n) is 16.4. The summed E-state index contributed by atoms with van der Waals surface area (Å²) in [5.74, 6) is -2.89. The zero-order chi connectivity index (χ0) is 40.3. The molecule has 4 N–H and O–H groups in total. The van der Waals surface area contributed by atoms with Gasteiger partial charge in [-0.1, -0.05) is 0 Å². The lowest BCUT2D eigenvalue weighted by molar-refractivity contribution is -0.139. The number of nitrogens with one attached hydrogen (secondary N) is 4. The van der Waals surface area contributed by atoms with E-state index < -0.39 is 58.6 Å². The predicted octanol–water partition coefficient (Wildman–Crippen LogP) is 8.38. The molecule has 0 spiro atoms. The molecule has 2 aliphatic heterocycles. The minimum Gasteiger partial charge on any atom is -0.496 e. The van der Waals surface area contributed by atoms with Crippen molar-refractivity contribution >= 4 is 23.2 Å². The molecule has 0 radical (unpaired) electrons. The first-order valence-corrected chi connectivity index (χ1v) is 16.4. The molecule has 6 rings (SSSR count).